The highest BCUT2D eigenvalue weighted by atomic mass is 32.5. The number of hydrogen-bond donors (Lipinski definition) is 8. The Kier molecular flexibility index (Phi) is 26.8. The third kappa shape index (κ3) is 22.9. The van der Waals surface area contributed by atoms with Crippen molar-refractivity contribution < 1.29 is 57.3 Å². The molecule has 0 bridgehead atoms. The summed E-state index contributed by atoms with van der Waals surface area (Å²) in [6.45, 7) is 1.20. The standard InChI is InChI=1S/C35H63N8O12PS/c1-2-56(48,57)55-30-9-7-29(8-10-30)34(46)42-24-28-5-3-27(4-6-28)23-31(35(47)41-13-16-51-19-22-54-38)43(25-32(44)39-11-14-49-17-20-52-36)26-33(45)40-12-15-50-18-21-53-37/h3-6,29-31H,2,7-26,36-38H2,1H3,(H,39,44)(H,40,45)(H,41,47)(H,42,46)(H,48,57)/t29?,30?,31-,56?/m1/s1. The van der Waals surface area contributed by atoms with Crippen molar-refractivity contribution in [3.05, 3.63) is 35.4 Å². The fourth-order valence-electron chi connectivity index (χ4n) is 5.75. The van der Waals surface area contributed by atoms with Gasteiger partial charge in [-0.15, -0.1) is 0 Å². The molecule has 1 aromatic rings. The molecule has 11 N–H and O–H groups in total. The first-order valence-corrected chi connectivity index (χ1v) is 22.0. The normalized spacial score (nSPS) is 17.1. The van der Waals surface area contributed by atoms with Crippen LogP contribution in [0.1, 0.15) is 43.7 Å². The third-order valence-corrected chi connectivity index (χ3v) is 11.3. The number of carbonyl (C=O) groups excluding carboxylic acids is 4. The number of hydrogen-bond acceptors (Lipinski definition) is 16. The number of nitrogens with zero attached hydrogens (tertiary/aromatic N) is 1. The topological polar surface area (TPSA) is 283 Å². The summed E-state index contributed by atoms with van der Waals surface area (Å²) >= 11 is 5.16. The molecule has 22 heteroatoms. The zero-order chi connectivity index (χ0) is 41.7. The van der Waals surface area contributed by atoms with Gasteiger partial charge in [0, 0.05) is 38.3 Å². The number of amides is 4. The SMILES string of the molecule is CCP(O)(=S)OC1CCC(C(=O)NCc2ccc(C[C@H](C(=O)NCCOCCON)N(CC(=O)NCCOCCON)CC(=O)NCCOCCON)cc2)CC1. The van der Waals surface area contributed by atoms with Crippen LogP contribution < -0.4 is 39.0 Å². The van der Waals surface area contributed by atoms with Crippen molar-refractivity contribution in [2.24, 2.45) is 23.6 Å². The number of nitrogens with one attached hydrogen (secondary N) is 4. The van der Waals surface area contributed by atoms with Gasteiger partial charge in [0.05, 0.1) is 84.7 Å². The molecule has 1 unspecified atom stereocenters. The molecule has 0 heterocycles. The zero-order valence-corrected chi connectivity index (χ0v) is 34.6. The minimum Gasteiger partial charge on any atom is -0.377 e. The number of rotatable bonds is 32. The molecule has 1 saturated carbocycles. The van der Waals surface area contributed by atoms with E-state index in [1.54, 1.807) is 0 Å². The van der Waals surface area contributed by atoms with Gasteiger partial charge in [-0.05, 0) is 55.0 Å². The Balaban J connectivity index is 2.13. The van der Waals surface area contributed by atoms with Crippen LogP contribution in [0.15, 0.2) is 24.3 Å². The summed E-state index contributed by atoms with van der Waals surface area (Å²) in [7, 11) is 0. The minimum atomic E-state index is -2.76. The Morgan fingerprint density at radius 2 is 1.21 bits per heavy atom. The van der Waals surface area contributed by atoms with Crippen molar-refractivity contribution >= 4 is 41.9 Å². The van der Waals surface area contributed by atoms with Gasteiger partial charge in [0.2, 0.25) is 23.6 Å². The summed E-state index contributed by atoms with van der Waals surface area (Å²) in [6.07, 6.45) is 3.06. The van der Waals surface area contributed by atoms with Crippen molar-refractivity contribution in [1.29, 1.82) is 0 Å². The second-order valence-corrected chi connectivity index (χ2v) is 17.0. The molecule has 0 radical (unpaired) electrons. The molecule has 0 aromatic heterocycles. The molecule has 0 spiro atoms. The lowest BCUT2D eigenvalue weighted by atomic mass is 9.87. The van der Waals surface area contributed by atoms with E-state index < -0.39 is 30.3 Å². The van der Waals surface area contributed by atoms with E-state index in [0.29, 0.717) is 38.4 Å². The zero-order valence-electron chi connectivity index (χ0n) is 32.9. The van der Waals surface area contributed by atoms with Crippen molar-refractivity contribution in [3.8, 4) is 0 Å². The second-order valence-electron chi connectivity index (χ2n) is 13.1. The molecule has 2 atom stereocenters. The van der Waals surface area contributed by atoms with Crippen LogP contribution in [-0.4, -0.2) is 144 Å². The number of ether oxygens (including phenoxy) is 3. The van der Waals surface area contributed by atoms with Gasteiger partial charge in [0.1, 0.15) is 0 Å². The average molecular weight is 851 g/mol. The highest BCUT2D eigenvalue weighted by molar-refractivity contribution is 8.09. The lowest BCUT2D eigenvalue weighted by Gasteiger charge is -2.30. The van der Waals surface area contributed by atoms with Crippen molar-refractivity contribution in [2.75, 3.05) is 98.3 Å². The maximum absolute atomic E-state index is 13.8. The number of carbonyl (C=O) groups is 4. The summed E-state index contributed by atoms with van der Waals surface area (Å²) in [6, 6.07) is 6.45. The molecular weight excluding hydrogens is 787 g/mol. The second kappa shape index (κ2) is 30.3. The summed E-state index contributed by atoms with van der Waals surface area (Å²) in [4.78, 5) is 78.2. The Hall–Kier alpha value is -2.73. The van der Waals surface area contributed by atoms with E-state index in [1.807, 2.05) is 31.2 Å². The molecule has 1 aromatic carbocycles. The van der Waals surface area contributed by atoms with Crippen LogP contribution in [0.4, 0.5) is 0 Å². The molecule has 4 amide bonds. The minimum absolute atomic E-state index is 0.0489. The van der Waals surface area contributed by atoms with Gasteiger partial charge >= 0.3 is 0 Å². The maximum Gasteiger partial charge on any atom is 0.237 e. The highest BCUT2D eigenvalue weighted by Crippen LogP contribution is 2.45. The third-order valence-electron chi connectivity index (χ3n) is 8.83. The van der Waals surface area contributed by atoms with E-state index in [-0.39, 0.29) is 117 Å². The highest BCUT2D eigenvalue weighted by Gasteiger charge is 2.31. The predicted octanol–water partition coefficient (Wildman–Crippen LogP) is -1.52. The van der Waals surface area contributed by atoms with Gasteiger partial charge in [-0.25, -0.2) is 17.7 Å². The van der Waals surface area contributed by atoms with Crippen LogP contribution in [0.3, 0.4) is 0 Å². The Bertz CT molecular complexity index is 1320. The van der Waals surface area contributed by atoms with Crippen LogP contribution in [0.5, 0.6) is 0 Å². The molecule has 20 nitrogen and oxygen atoms in total. The largest absolute Gasteiger partial charge is 0.377 e. The lowest BCUT2D eigenvalue weighted by Crippen LogP contribution is -2.54. The quantitative estimate of drug-likeness (QED) is 0.0232. The van der Waals surface area contributed by atoms with Crippen LogP contribution in [0, 0.1) is 5.92 Å². The predicted molar refractivity (Wildman–Crippen MR) is 213 cm³/mol. The first-order valence-electron chi connectivity index (χ1n) is 19.1. The lowest BCUT2D eigenvalue weighted by molar-refractivity contribution is -0.132. The van der Waals surface area contributed by atoms with Gasteiger partial charge in [0.15, 0.2) is 6.49 Å². The summed E-state index contributed by atoms with van der Waals surface area (Å²) in [5.74, 6) is 13.6. The van der Waals surface area contributed by atoms with Gasteiger partial charge in [0.25, 0.3) is 0 Å². The van der Waals surface area contributed by atoms with Gasteiger partial charge < -0.3 is 59.4 Å². The summed E-state index contributed by atoms with van der Waals surface area (Å²) in [5, 5.41) is 11.4. The Morgan fingerprint density at radius 3 is 1.68 bits per heavy atom. The monoisotopic (exact) mass is 850 g/mol. The summed E-state index contributed by atoms with van der Waals surface area (Å²) in [5.41, 5.74) is 1.61. The molecular formula is C35H63N8O12PS. The van der Waals surface area contributed by atoms with E-state index in [4.69, 9.17) is 48.2 Å². The Labute approximate surface area is 339 Å². The molecule has 1 aliphatic rings. The molecule has 1 aliphatic carbocycles. The molecule has 2 rings (SSSR count). The van der Waals surface area contributed by atoms with E-state index >= 15 is 0 Å². The first kappa shape index (κ1) is 50.4. The van der Waals surface area contributed by atoms with Gasteiger partial charge in [-0.3, -0.25) is 24.1 Å². The van der Waals surface area contributed by atoms with E-state index in [9.17, 15) is 24.1 Å². The van der Waals surface area contributed by atoms with E-state index in [0.717, 1.165) is 11.1 Å². The van der Waals surface area contributed by atoms with Crippen molar-refractivity contribution in [3.63, 3.8) is 0 Å². The number of nitrogens with two attached hydrogens (primary N) is 3. The van der Waals surface area contributed by atoms with E-state index in [1.165, 1.54) is 4.90 Å². The van der Waals surface area contributed by atoms with Crippen LogP contribution in [0.2, 0.25) is 0 Å². The first-order chi connectivity index (χ1) is 27.5. The fraction of sp³-hybridized carbons (Fsp3) is 0.714. The van der Waals surface area contributed by atoms with Crippen molar-refractivity contribution in [1.82, 2.24) is 26.2 Å². The molecule has 326 valence electrons. The summed E-state index contributed by atoms with van der Waals surface area (Å²) < 4.78 is 21.9. The van der Waals surface area contributed by atoms with Crippen molar-refractivity contribution in [2.45, 2.75) is 57.7 Å². The fourth-order valence-corrected chi connectivity index (χ4v) is 6.94. The van der Waals surface area contributed by atoms with Gasteiger partial charge in [-0.2, -0.15) is 0 Å². The van der Waals surface area contributed by atoms with Crippen LogP contribution in [0.25, 0.3) is 0 Å². The van der Waals surface area contributed by atoms with Crippen LogP contribution in [-0.2, 0) is 77.2 Å². The average Bonchev–Trinajstić information content (AvgIpc) is 3.20. The smallest absolute Gasteiger partial charge is 0.237 e. The Morgan fingerprint density at radius 1 is 0.737 bits per heavy atom. The molecule has 0 aliphatic heterocycles. The van der Waals surface area contributed by atoms with Gasteiger partial charge in [-0.1, -0.05) is 31.2 Å². The maximum atomic E-state index is 13.8. The molecule has 0 saturated heterocycles. The van der Waals surface area contributed by atoms with Crippen LogP contribution >= 0.6 is 6.49 Å². The molecule has 57 heavy (non-hydrogen) atoms. The molecule has 1 fully saturated rings. The number of benzene rings is 1. The van der Waals surface area contributed by atoms with E-state index in [2.05, 4.69) is 35.8 Å².